The van der Waals surface area contributed by atoms with E-state index in [2.05, 4.69) is 12.0 Å². The lowest BCUT2D eigenvalue weighted by molar-refractivity contribution is 0.656. The van der Waals surface area contributed by atoms with Crippen molar-refractivity contribution in [3.05, 3.63) is 50.8 Å². The largest absolute Gasteiger partial charge is 0.328 e. The minimum absolute atomic E-state index is 0.119. The normalized spacial score (nSPS) is 12.7. The van der Waals surface area contributed by atoms with E-state index in [0.717, 1.165) is 23.4 Å². The molecule has 0 radical (unpaired) electrons. The highest BCUT2D eigenvalue weighted by Crippen LogP contribution is 2.26. The van der Waals surface area contributed by atoms with Crippen molar-refractivity contribution < 1.29 is 0 Å². The van der Waals surface area contributed by atoms with Crippen LogP contribution in [0.4, 0.5) is 0 Å². The Morgan fingerprint density at radius 1 is 1.20 bits per heavy atom. The summed E-state index contributed by atoms with van der Waals surface area (Å²) in [4.78, 5) is 0. The van der Waals surface area contributed by atoms with Gasteiger partial charge >= 0.3 is 0 Å². The minimum atomic E-state index is 0.119. The van der Waals surface area contributed by atoms with Crippen LogP contribution < -0.4 is 5.73 Å². The lowest BCUT2D eigenvalue weighted by Gasteiger charge is -2.10. The maximum atomic E-state index is 6.22. The van der Waals surface area contributed by atoms with E-state index in [4.69, 9.17) is 28.9 Å². The van der Waals surface area contributed by atoms with Gasteiger partial charge in [0.25, 0.3) is 0 Å². The van der Waals surface area contributed by atoms with Gasteiger partial charge in [-0.25, -0.2) is 0 Å². The third kappa shape index (κ3) is 3.17. The van der Waals surface area contributed by atoms with Crippen molar-refractivity contribution in [2.24, 2.45) is 5.73 Å². The van der Waals surface area contributed by atoms with Crippen molar-refractivity contribution in [2.45, 2.75) is 39.8 Å². The lowest BCUT2D eigenvalue weighted by Crippen LogP contribution is -2.18. The van der Waals surface area contributed by atoms with Gasteiger partial charge in [-0.3, -0.25) is 4.68 Å². The van der Waals surface area contributed by atoms with Gasteiger partial charge in [0, 0.05) is 27.3 Å². The third-order valence-corrected chi connectivity index (χ3v) is 4.14. The number of aryl methyl sites for hydroxylation is 1. The van der Waals surface area contributed by atoms with Crippen LogP contribution in [0.2, 0.25) is 10.0 Å². The molecular formula is C15H19Cl2N3. The standard InChI is InChI=1S/C15H19Cl2N3/c1-9(18)7-12-10(2)19-20(11(12)3)8-13-14(16)5-4-6-15(13)17/h4-6,9H,7-8,18H2,1-3H3. The van der Waals surface area contributed by atoms with Crippen LogP contribution in [0.3, 0.4) is 0 Å². The molecule has 0 bridgehead atoms. The van der Waals surface area contributed by atoms with E-state index in [9.17, 15) is 0 Å². The Morgan fingerprint density at radius 2 is 1.80 bits per heavy atom. The van der Waals surface area contributed by atoms with Crippen LogP contribution >= 0.6 is 23.2 Å². The van der Waals surface area contributed by atoms with Crippen LogP contribution in [0.25, 0.3) is 0 Å². The fourth-order valence-corrected chi connectivity index (χ4v) is 2.86. The molecule has 1 aromatic carbocycles. The Balaban J connectivity index is 2.35. The van der Waals surface area contributed by atoms with Gasteiger partial charge in [-0.2, -0.15) is 5.10 Å². The van der Waals surface area contributed by atoms with Crippen LogP contribution in [0, 0.1) is 13.8 Å². The van der Waals surface area contributed by atoms with E-state index in [1.807, 2.05) is 36.7 Å². The van der Waals surface area contributed by atoms with E-state index < -0.39 is 0 Å². The quantitative estimate of drug-likeness (QED) is 0.934. The summed E-state index contributed by atoms with van der Waals surface area (Å²) in [5.41, 5.74) is 10.1. The van der Waals surface area contributed by atoms with Crippen molar-refractivity contribution in [2.75, 3.05) is 0 Å². The number of hydrogen-bond donors (Lipinski definition) is 1. The predicted molar refractivity (Wildman–Crippen MR) is 84.6 cm³/mol. The minimum Gasteiger partial charge on any atom is -0.328 e. The van der Waals surface area contributed by atoms with Gasteiger partial charge in [0.15, 0.2) is 0 Å². The molecule has 0 fully saturated rings. The molecule has 1 heterocycles. The van der Waals surface area contributed by atoms with Crippen LogP contribution in [0.15, 0.2) is 18.2 Å². The van der Waals surface area contributed by atoms with Crippen molar-refractivity contribution in [3.8, 4) is 0 Å². The number of nitrogens with two attached hydrogens (primary N) is 1. The van der Waals surface area contributed by atoms with E-state index in [-0.39, 0.29) is 6.04 Å². The summed E-state index contributed by atoms with van der Waals surface area (Å²) in [5.74, 6) is 0. The first-order valence-electron chi connectivity index (χ1n) is 6.61. The second-order valence-electron chi connectivity index (χ2n) is 5.19. The number of nitrogens with zero attached hydrogens (tertiary/aromatic N) is 2. The third-order valence-electron chi connectivity index (χ3n) is 3.43. The lowest BCUT2D eigenvalue weighted by atomic mass is 10.1. The Kier molecular flexibility index (Phi) is 4.74. The Bertz CT molecular complexity index is 598. The smallest absolute Gasteiger partial charge is 0.0691 e. The molecule has 5 heteroatoms. The second-order valence-corrected chi connectivity index (χ2v) is 6.00. The molecule has 20 heavy (non-hydrogen) atoms. The molecule has 1 atom stereocenters. The zero-order valence-corrected chi connectivity index (χ0v) is 13.5. The van der Waals surface area contributed by atoms with Gasteiger partial charge in [0.05, 0.1) is 12.2 Å². The first kappa shape index (κ1) is 15.4. The van der Waals surface area contributed by atoms with Crippen LogP contribution in [0.5, 0.6) is 0 Å². The first-order valence-corrected chi connectivity index (χ1v) is 7.37. The molecule has 1 aromatic heterocycles. The molecule has 0 amide bonds. The summed E-state index contributed by atoms with van der Waals surface area (Å²) in [6.07, 6.45) is 0.827. The molecule has 1 unspecified atom stereocenters. The molecule has 0 spiro atoms. The summed E-state index contributed by atoms with van der Waals surface area (Å²) >= 11 is 12.4. The van der Waals surface area contributed by atoms with Crippen molar-refractivity contribution in [3.63, 3.8) is 0 Å². The fraction of sp³-hybridized carbons (Fsp3) is 0.400. The summed E-state index contributed by atoms with van der Waals surface area (Å²) < 4.78 is 1.94. The number of rotatable bonds is 4. The van der Waals surface area contributed by atoms with Gasteiger partial charge in [-0.1, -0.05) is 29.3 Å². The first-order chi connectivity index (χ1) is 9.40. The van der Waals surface area contributed by atoms with Crippen LogP contribution in [-0.4, -0.2) is 15.8 Å². The molecule has 0 aliphatic carbocycles. The Labute approximate surface area is 129 Å². The highest BCUT2D eigenvalue weighted by atomic mass is 35.5. The molecule has 0 saturated heterocycles. The highest BCUT2D eigenvalue weighted by molar-refractivity contribution is 6.35. The average Bonchev–Trinajstić information content (AvgIpc) is 2.61. The van der Waals surface area contributed by atoms with Gasteiger partial charge in [0.2, 0.25) is 0 Å². The molecule has 0 aliphatic heterocycles. The Morgan fingerprint density at radius 3 is 2.35 bits per heavy atom. The molecule has 2 aromatic rings. The number of hydrogen-bond acceptors (Lipinski definition) is 2. The van der Waals surface area contributed by atoms with Crippen LogP contribution in [0.1, 0.15) is 29.4 Å². The number of halogens is 2. The molecule has 2 rings (SSSR count). The molecule has 108 valence electrons. The topological polar surface area (TPSA) is 43.8 Å². The van der Waals surface area contributed by atoms with Gasteiger partial charge in [0.1, 0.15) is 0 Å². The summed E-state index contributed by atoms with van der Waals surface area (Å²) in [6.45, 7) is 6.64. The van der Waals surface area contributed by atoms with Gasteiger partial charge in [-0.15, -0.1) is 0 Å². The highest BCUT2D eigenvalue weighted by Gasteiger charge is 2.15. The maximum Gasteiger partial charge on any atom is 0.0691 e. The van der Waals surface area contributed by atoms with E-state index in [1.54, 1.807) is 0 Å². The van der Waals surface area contributed by atoms with Crippen molar-refractivity contribution in [1.29, 1.82) is 0 Å². The zero-order chi connectivity index (χ0) is 14.9. The number of benzene rings is 1. The zero-order valence-electron chi connectivity index (χ0n) is 12.0. The average molecular weight is 312 g/mol. The fourth-order valence-electron chi connectivity index (χ4n) is 2.34. The summed E-state index contributed by atoms with van der Waals surface area (Å²) in [7, 11) is 0. The SMILES string of the molecule is Cc1nn(Cc2c(Cl)cccc2Cl)c(C)c1CC(C)N. The van der Waals surface area contributed by atoms with E-state index >= 15 is 0 Å². The molecule has 3 nitrogen and oxygen atoms in total. The number of aromatic nitrogens is 2. The van der Waals surface area contributed by atoms with Gasteiger partial charge in [-0.05, 0) is 44.9 Å². The monoisotopic (exact) mass is 311 g/mol. The van der Waals surface area contributed by atoms with Crippen molar-refractivity contribution in [1.82, 2.24) is 9.78 Å². The van der Waals surface area contributed by atoms with E-state index in [0.29, 0.717) is 16.6 Å². The molecule has 0 saturated carbocycles. The van der Waals surface area contributed by atoms with E-state index in [1.165, 1.54) is 5.56 Å². The van der Waals surface area contributed by atoms with Gasteiger partial charge < -0.3 is 5.73 Å². The second kappa shape index (κ2) is 6.17. The summed E-state index contributed by atoms with van der Waals surface area (Å²) in [5, 5.41) is 5.92. The summed E-state index contributed by atoms with van der Waals surface area (Å²) in [6, 6.07) is 5.65. The molecule has 2 N–H and O–H groups in total. The predicted octanol–water partition coefficient (Wildman–Crippen LogP) is 3.74. The van der Waals surface area contributed by atoms with Crippen LogP contribution in [-0.2, 0) is 13.0 Å². The molecule has 0 aliphatic rings. The molecular weight excluding hydrogens is 293 g/mol. The van der Waals surface area contributed by atoms with Crippen molar-refractivity contribution >= 4 is 23.2 Å². The Hall–Kier alpha value is -1.03. The maximum absolute atomic E-state index is 6.22.